The van der Waals surface area contributed by atoms with Crippen molar-refractivity contribution in [3.05, 3.63) is 48.0 Å². The molecule has 1 aliphatic carbocycles. The van der Waals surface area contributed by atoms with Crippen molar-refractivity contribution < 1.29 is 19.4 Å². The van der Waals surface area contributed by atoms with Crippen molar-refractivity contribution in [2.75, 3.05) is 13.1 Å². The molecule has 22 heavy (non-hydrogen) atoms. The molecule has 1 heterocycles. The lowest BCUT2D eigenvalue weighted by Crippen LogP contribution is -2.48. The number of nitrogens with zero attached hydrogens (tertiary/aromatic N) is 1. The van der Waals surface area contributed by atoms with Gasteiger partial charge in [0.05, 0.1) is 5.54 Å². The van der Waals surface area contributed by atoms with E-state index in [4.69, 9.17) is 9.84 Å². The molecule has 2 aliphatic rings. The summed E-state index contributed by atoms with van der Waals surface area (Å²) >= 11 is 0. The van der Waals surface area contributed by atoms with Gasteiger partial charge < -0.3 is 20.1 Å². The summed E-state index contributed by atoms with van der Waals surface area (Å²) in [6.07, 6.45) is 3.07. The van der Waals surface area contributed by atoms with Crippen molar-refractivity contribution in [1.82, 2.24) is 10.2 Å². The third-order valence-corrected chi connectivity index (χ3v) is 4.14. The summed E-state index contributed by atoms with van der Waals surface area (Å²) < 4.78 is 5.22. The van der Waals surface area contributed by atoms with E-state index in [1.54, 1.807) is 0 Å². The van der Waals surface area contributed by atoms with Gasteiger partial charge in [-0.15, -0.1) is 0 Å². The van der Waals surface area contributed by atoms with Gasteiger partial charge in [-0.1, -0.05) is 42.5 Å². The van der Waals surface area contributed by atoms with Crippen LogP contribution in [-0.2, 0) is 11.3 Å². The van der Waals surface area contributed by atoms with Gasteiger partial charge in [0.25, 0.3) is 0 Å². The highest BCUT2D eigenvalue weighted by atomic mass is 16.5. The first kappa shape index (κ1) is 14.4. The van der Waals surface area contributed by atoms with Crippen LogP contribution in [0.25, 0.3) is 0 Å². The van der Waals surface area contributed by atoms with Gasteiger partial charge in [0.15, 0.2) is 0 Å². The van der Waals surface area contributed by atoms with Crippen LogP contribution in [0.2, 0.25) is 0 Å². The number of carboxylic acid groups (broad SMARTS) is 1. The SMILES string of the molecule is O=C(N[C@@]12C[C@@H]1C=CCN(C(=O)O)C2)OCc1ccccc1. The van der Waals surface area contributed by atoms with Crippen molar-refractivity contribution >= 4 is 12.2 Å². The number of alkyl carbamates (subject to hydrolysis) is 1. The van der Waals surface area contributed by atoms with Gasteiger partial charge in [-0.25, -0.2) is 9.59 Å². The van der Waals surface area contributed by atoms with E-state index in [1.807, 2.05) is 42.5 Å². The topological polar surface area (TPSA) is 78.9 Å². The van der Waals surface area contributed by atoms with Crippen molar-refractivity contribution in [2.24, 2.45) is 5.92 Å². The fraction of sp³-hybridized carbons (Fsp3) is 0.375. The molecule has 0 saturated heterocycles. The normalized spacial score (nSPS) is 25.8. The molecule has 1 saturated carbocycles. The van der Waals surface area contributed by atoms with Crippen LogP contribution in [0.5, 0.6) is 0 Å². The van der Waals surface area contributed by atoms with Gasteiger partial charge in [0, 0.05) is 19.0 Å². The lowest BCUT2D eigenvalue weighted by atomic mass is 10.2. The summed E-state index contributed by atoms with van der Waals surface area (Å²) in [6.45, 7) is 0.848. The van der Waals surface area contributed by atoms with Gasteiger partial charge in [-0.05, 0) is 12.0 Å². The highest BCUT2D eigenvalue weighted by molar-refractivity contribution is 5.70. The van der Waals surface area contributed by atoms with Crippen LogP contribution in [0.1, 0.15) is 12.0 Å². The van der Waals surface area contributed by atoms with Crippen LogP contribution in [0.15, 0.2) is 42.5 Å². The minimum Gasteiger partial charge on any atom is -0.465 e. The first-order valence-corrected chi connectivity index (χ1v) is 7.22. The highest BCUT2D eigenvalue weighted by Gasteiger charge is 2.56. The van der Waals surface area contributed by atoms with E-state index in [-0.39, 0.29) is 12.5 Å². The number of benzene rings is 1. The van der Waals surface area contributed by atoms with Gasteiger partial charge in [0.1, 0.15) is 6.61 Å². The van der Waals surface area contributed by atoms with Gasteiger partial charge >= 0.3 is 12.2 Å². The molecule has 0 radical (unpaired) electrons. The fourth-order valence-electron chi connectivity index (χ4n) is 2.82. The standard InChI is InChI=1S/C16H18N2O4/c19-14(22-10-12-5-2-1-3-6-12)17-16-9-13(16)7-4-8-18(11-16)15(20)21/h1-7,13H,8-11H2,(H,17,19)(H,20,21)/t13-,16+/m0/s1. The van der Waals surface area contributed by atoms with Crippen molar-refractivity contribution in [3.63, 3.8) is 0 Å². The predicted molar refractivity (Wildman–Crippen MR) is 79.3 cm³/mol. The summed E-state index contributed by atoms with van der Waals surface area (Å²) in [5.74, 6) is 0.182. The number of hydrogen-bond acceptors (Lipinski definition) is 3. The Bertz CT molecular complexity index is 601. The largest absolute Gasteiger partial charge is 0.465 e. The Morgan fingerprint density at radius 3 is 2.86 bits per heavy atom. The molecule has 2 amide bonds. The van der Waals surface area contributed by atoms with E-state index in [0.717, 1.165) is 12.0 Å². The van der Waals surface area contributed by atoms with Gasteiger partial charge in [-0.3, -0.25) is 0 Å². The maximum Gasteiger partial charge on any atom is 0.407 e. The van der Waals surface area contributed by atoms with E-state index >= 15 is 0 Å². The molecule has 1 fully saturated rings. The molecular weight excluding hydrogens is 284 g/mol. The number of nitrogens with one attached hydrogen (secondary N) is 1. The Labute approximate surface area is 128 Å². The molecule has 0 spiro atoms. The molecule has 1 aromatic rings. The maximum atomic E-state index is 12.0. The zero-order chi connectivity index (χ0) is 15.6. The Balaban J connectivity index is 1.57. The lowest BCUT2D eigenvalue weighted by Gasteiger charge is -2.24. The molecule has 0 aromatic heterocycles. The Kier molecular flexibility index (Phi) is 3.75. The molecule has 0 unspecified atom stereocenters. The second-order valence-corrected chi connectivity index (χ2v) is 5.74. The van der Waals surface area contributed by atoms with Crippen molar-refractivity contribution in [2.45, 2.75) is 18.6 Å². The van der Waals surface area contributed by atoms with Crippen LogP contribution >= 0.6 is 0 Å². The summed E-state index contributed by atoms with van der Waals surface area (Å²) in [7, 11) is 0. The predicted octanol–water partition coefficient (Wildman–Crippen LogP) is 2.22. The maximum absolute atomic E-state index is 12.0. The van der Waals surface area contributed by atoms with Crippen LogP contribution in [0.4, 0.5) is 9.59 Å². The number of hydrogen-bond donors (Lipinski definition) is 2. The van der Waals surface area contributed by atoms with Crippen molar-refractivity contribution in [1.29, 1.82) is 0 Å². The minimum atomic E-state index is -0.976. The Morgan fingerprint density at radius 1 is 1.36 bits per heavy atom. The zero-order valence-corrected chi connectivity index (χ0v) is 12.1. The smallest absolute Gasteiger partial charge is 0.407 e. The molecule has 2 atom stereocenters. The fourth-order valence-corrected chi connectivity index (χ4v) is 2.82. The van der Waals surface area contributed by atoms with Gasteiger partial charge in [-0.2, -0.15) is 0 Å². The summed E-state index contributed by atoms with van der Waals surface area (Å²) in [5.41, 5.74) is 0.398. The molecule has 2 N–H and O–H groups in total. The minimum absolute atomic E-state index is 0.182. The Morgan fingerprint density at radius 2 is 2.14 bits per heavy atom. The van der Waals surface area contributed by atoms with E-state index in [1.165, 1.54) is 4.90 Å². The molecule has 6 heteroatoms. The number of ether oxygens (including phenoxy) is 1. The van der Waals surface area contributed by atoms with Crippen LogP contribution < -0.4 is 5.32 Å². The molecule has 3 rings (SSSR count). The van der Waals surface area contributed by atoms with Crippen LogP contribution in [-0.4, -0.2) is 40.8 Å². The monoisotopic (exact) mass is 302 g/mol. The van der Waals surface area contributed by atoms with Crippen molar-refractivity contribution in [3.8, 4) is 0 Å². The van der Waals surface area contributed by atoms with Crippen LogP contribution in [0, 0.1) is 5.92 Å². The lowest BCUT2D eigenvalue weighted by molar-refractivity contribution is 0.123. The number of rotatable bonds is 3. The third kappa shape index (κ3) is 3.05. The number of amides is 2. The van der Waals surface area contributed by atoms with E-state index in [0.29, 0.717) is 13.1 Å². The van der Waals surface area contributed by atoms with Gasteiger partial charge in [0.2, 0.25) is 0 Å². The molecule has 1 aliphatic heterocycles. The second-order valence-electron chi connectivity index (χ2n) is 5.74. The molecule has 116 valence electrons. The number of carbonyl (C=O) groups excluding carboxylic acids is 1. The zero-order valence-electron chi connectivity index (χ0n) is 12.1. The Hall–Kier alpha value is -2.50. The average molecular weight is 302 g/mol. The number of carbonyl (C=O) groups is 2. The quantitative estimate of drug-likeness (QED) is 0.839. The van der Waals surface area contributed by atoms with Crippen LogP contribution in [0.3, 0.4) is 0 Å². The van der Waals surface area contributed by atoms with E-state index < -0.39 is 17.7 Å². The first-order chi connectivity index (χ1) is 10.6. The summed E-state index contributed by atoms with van der Waals surface area (Å²) in [4.78, 5) is 24.4. The molecule has 0 bridgehead atoms. The molecule has 6 nitrogen and oxygen atoms in total. The highest BCUT2D eigenvalue weighted by Crippen LogP contribution is 2.46. The summed E-state index contributed by atoms with van der Waals surface area (Å²) in [6, 6.07) is 9.42. The van der Waals surface area contributed by atoms with E-state index in [9.17, 15) is 9.59 Å². The van der Waals surface area contributed by atoms with E-state index in [2.05, 4.69) is 5.32 Å². The third-order valence-electron chi connectivity index (χ3n) is 4.14. The molecule has 1 aromatic carbocycles. The summed E-state index contributed by atoms with van der Waals surface area (Å²) in [5, 5.41) is 12.0. The second kappa shape index (κ2) is 5.71. The number of fused-ring (bicyclic) bond motifs is 1. The first-order valence-electron chi connectivity index (χ1n) is 7.22. The average Bonchev–Trinajstić information content (AvgIpc) is 3.18. The molecular formula is C16H18N2O4.